The van der Waals surface area contributed by atoms with Crippen LogP contribution in [0.5, 0.6) is 5.75 Å². The molecule has 0 heterocycles. The summed E-state index contributed by atoms with van der Waals surface area (Å²) in [6, 6.07) is 3.07. The lowest BCUT2D eigenvalue weighted by Crippen LogP contribution is -2.52. The maximum atomic E-state index is 12.9. The van der Waals surface area contributed by atoms with E-state index in [1.165, 1.54) is 7.11 Å². The number of rotatable bonds is 3. The highest BCUT2D eigenvalue weighted by atomic mass is 35.5. The Morgan fingerprint density at radius 1 is 1.25 bits per heavy atom. The Bertz CT molecular complexity index is 366. The van der Waals surface area contributed by atoms with E-state index in [1.807, 2.05) is 0 Å². The second kappa shape index (κ2) is 4.55. The van der Waals surface area contributed by atoms with E-state index in [0.29, 0.717) is 6.42 Å². The molecule has 1 aromatic carbocycles. The van der Waals surface area contributed by atoms with Crippen LogP contribution in [0.4, 0.5) is 8.78 Å². The van der Waals surface area contributed by atoms with Gasteiger partial charge >= 0.3 is 0 Å². The summed E-state index contributed by atoms with van der Waals surface area (Å²) in [5, 5.41) is -0.103. The summed E-state index contributed by atoms with van der Waals surface area (Å²) in [6.07, 6.45) is 0.139. The number of halogens is 3. The number of benzene rings is 1. The Labute approximate surface area is 97.1 Å². The van der Waals surface area contributed by atoms with E-state index in [9.17, 15) is 8.78 Å². The lowest BCUT2D eigenvalue weighted by atomic mass is 9.91. The van der Waals surface area contributed by atoms with Gasteiger partial charge in [0.25, 0.3) is 0 Å². The number of hydrogen-bond donors (Lipinski definition) is 0. The van der Waals surface area contributed by atoms with Crippen LogP contribution in [0.2, 0.25) is 0 Å². The molecule has 2 rings (SSSR count). The van der Waals surface area contributed by atoms with Crippen LogP contribution >= 0.6 is 11.6 Å². The number of ether oxygens (including phenoxy) is 2. The van der Waals surface area contributed by atoms with Gasteiger partial charge in [0.15, 0.2) is 0 Å². The lowest BCUT2D eigenvalue weighted by molar-refractivity contribution is -0.0585. The molecule has 1 aromatic rings. The third-order valence-electron chi connectivity index (χ3n) is 2.58. The van der Waals surface area contributed by atoms with Crippen molar-refractivity contribution in [3.8, 4) is 5.75 Å². The fourth-order valence-corrected chi connectivity index (χ4v) is 2.15. The molecule has 0 bridgehead atoms. The predicted octanol–water partition coefficient (Wildman–Crippen LogP) is 2.74. The number of methoxy groups -OCH3 is 1. The van der Waals surface area contributed by atoms with E-state index >= 15 is 0 Å². The molecular formula is C11H11ClF2O2. The average Bonchev–Trinajstić information content (AvgIpc) is 2.15. The zero-order chi connectivity index (χ0) is 11.7. The van der Waals surface area contributed by atoms with Crippen molar-refractivity contribution in [2.45, 2.75) is 24.0 Å². The minimum atomic E-state index is -0.661. The molecule has 0 radical (unpaired) electrons. The Morgan fingerprint density at radius 3 is 2.38 bits per heavy atom. The van der Waals surface area contributed by atoms with E-state index in [2.05, 4.69) is 0 Å². The third-order valence-corrected chi connectivity index (χ3v) is 3.00. The fourth-order valence-electron chi connectivity index (χ4n) is 1.71. The van der Waals surface area contributed by atoms with Crippen molar-refractivity contribution in [1.82, 2.24) is 0 Å². The second-order valence-corrected chi connectivity index (χ2v) is 4.27. The molecule has 3 unspecified atom stereocenters. The van der Waals surface area contributed by atoms with E-state index in [0.717, 1.165) is 18.2 Å². The van der Waals surface area contributed by atoms with Gasteiger partial charge < -0.3 is 9.47 Å². The maximum Gasteiger partial charge on any atom is 0.129 e. The highest BCUT2D eigenvalue weighted by Gasteiger charge is 2.42. The van der Waals surface area contributed by atoms with Crippen LogP contribution in [0, 0.1) is 11.6 Å². The maximum absolute atomic E-state index is 12.9. The zero-order valence-electron chi connectivity index (χ0n) is 8.62. The molecule has 3 atom stereocenters. The van der Waals surface area contributed by atoms with Crippen molar-refractivity contribution in [2.75, 3.05) is 7.11 Å². The van der Waals surface area contributed by atoms with E-state index < -0.39 is 11.6 Å². The smallest absolute Gasteiger partial charge is 0.129 e. The Balaban J connectivity index is 2.04. The normalized spacial score (nSPS) is 28.6. The first-order valence-electron chi connectivity index (χ1n) is 4.90. The molecule has 0 N–H and O–H groups in total. The summed E-state index contributed by atoms with van der Waals surface area (Å²) in [7, 11) is 1.53. The molecule has 16 heavy (non-hydrogen) atoms. The highest BCUT2D eigenvalue weighted by molar-refractivity contribution is 6.21. The Morgan fingerprint density at radius 2 is 1.88 bits per heavy atom. The van der Waals surface area contributed by atoms with Gasteiger partial charge in [-0.15, -0.1) is 11.6 Å². The van der Waals surface area contributed by atoms with Gasteiger partial charge in [0, 0.05) is 31.7 Å². The van der Waals surface area contributed by atoms with Gasteiger partial charge in [-0.1, -0.05) is 0 Å². The van der Waals surface area contributed by atoms with Gasteiger partial charge in [-0.25, -0.2) is 8.78 Å². The van der Waals surface area contributed by atoms with Crippen LogP contribution < -0.4 is 4.74 Å². The van der Waals surface area contributed by atoms with Crippen LogP contribution in [0.15, 0.2) is 18.2 Å². The van der Waals surface area contributed by atoms with Crippen molar-refractivity contribution >= 4 is 11.6 Å². The number of hydrogen-bond acceptors (Lipinski definition) is 2. The van der Waals surface area contributed by atoms with Crippen LogP contribution in [0.3, 0.4) is 0 Å². The molecular weight excluding hydrogens is 238 g/mol. The summed E-state index contributed by atoms with van der Waals surface area (Å²) in [6.45, 7) is 0. The molecule has 88 valence electrons. The minimum absolute atomic E-state index is 0.103. The molecule has 1 fully saturated rings. The molecule has 0 aromatic heterocycles. The Hall–Kier alpha value is -0.870. The molecule has 2 nitrogen and oxygen atoms in total. The van der Waals surface area contributed by atoms with Crippen LogP contribution in [0.1, 0.15) is 6.42 Å². The molecule has 1 aliphatic carbocycles. The summed E-state index contributed by atoms with van der Waals surface area (Å²) >= 11 is 5.89. The van der Waals surface area contributed by atoms with Crippen molar-refractivity contribution in [2.24, 2.45) is 0 Å². The predicted molar refractivity (Wildman–Crippen MR) is 55.8 cm³/mol. The molecule has 5 heteroatoms. The quantitative estimate of drug-likeness (QED) is 0.766. The van der Waals surface area contributed by atoms with Crippen molar-refractivity contribution < 1.29 is 18.3 Å². The molecule has 0 aliphatic heterocycles. The van der Waals surface area contributed by atoms with Gasteiger partial charge in [0.1, 0.15) is 29.6 Å². The average molecular weight is 249 g/mol. The van der Waals surface area contributed by atoms with Crippen LogP contribution in [0.25, 0.3) is 0 Å². The van der Waals surface area contributed by atoms with Crippen LogP contribution in [-0.4, -0.2) is 24.7 Å². The lowest BCUT2D eigenvalue weighted by Gasteiger charge is -2.39. The van der Waals surface area contributed by atoms with E-state index in [-0.39, 0.29) is 23.3 Å². The summed E-state index contributed by atoms with van der Waals surface area (Å²) in [5.74, 6) is -1.16. The monoisotopic (exact) mass is 248 g/mol. The summed E-state index contributed by atoms with van der Waals surface area (Å²) < 4.78 is 36.3. The van der Waals surface area contributed by atoms with Crippen molar-refractivity contribution in [3.05, 3.63) is 29.8 Å². The largest absolute Gasteiger partial charge is 0.487 e. The van der Waals surface area contributed by atoms with Crippen molar-refractivity contribution in [3.63, 3.8) is 0 Å². The first-order chi connectivity index (χ1) is 7.60. The van der Waals surface area contributed by atoms with Gasteiger partial charge in [0.05, 0.1) is 5.38 Å². The summed E-state index contributed by atoms with van der Waals surface area (Å²) in [5.41, 5.74) is 0. The first-order valence-corrected chi connectivity index (χ1v) is 5.33. The SMILES string of the molecule is COC1C(Cl)CC1Oc1cc(F)cc(F)c1. The van der Waals surface area contributed by atoms with Crippen LogP contribution in [-0.2, 0) is 4.74 Å². The third kappa shape index (κ3) is 2.28. The van der Waals surface area contributed by atoms with Crippen molar-refractivity contribution in [1.29, 1.82) is 0 Å². The summed E-state index contributed by atoms with van der Waals surface area (Å²) in [4.78, 5) is 0. The highest BCUT2D eigenvalue weighted by Crippen LogP contribution is 2.32. The van der Waals surface area contributed by atoms with Gasteiger partial charge in [0.2, 0.25) is 0 Å². The topological polar surface area (TPSA) is 18.5 Å². The van der Waals surface area contributed by atoms with E-state index in [4.69, 9.17) is 21.1 Å². The fraction of sp³-hybridized carbons (Fsp3) is 0.455. The standard InChI is InChI=1S/C11H11ClF2O2/c1-15-11-9(12)5-10(11)16-8-3-6(13)2-7(14)4-8/h2-4,9-11H,5H2,1H3. The Kier molecular flexibility index (Phi) is 3.30. The number of alkyl halides is 1. The van der Waals surface area contributed by atoms with Gasteiger partial charge in [-0.05, 0) is 0 Å². The zero-order valence-corrected chi connectivity index (χ0v) is 9.38. The van der Waals surface area contributed by atoms with E-state index in [1.54, 1.807) is 0 Å². The molecule has 1 aliphatic rings. The molecule has 0 spiro atoms. The minimum Gasteiger partial charge on any atom is -0.487 e. The van der Waals surface area contributed by atoms with Gasteiger partial charge in [-0.2, -0.15) is 0 Å². The molecule has 0 amide bonds. The molecule has 0 saturated heterocycles. The van der Waals surface area contributed by atoms with Gasteiger partial charge in [-0.3, -0.25) is 0 Å². The first kappa shape index (κ1) is 11.6. The molecule has 1 saturated carbocycles. The second-order valence-electron chi connectivity index (χ2n) is 3.71.